The first-order valence-electron chi connectivity index (χ1n) is 6.14. The van der Waals surface area contributed by atoms with E-state index in [2.05, 4.69) is 52.0 Å². The molecule has 0 saturated carbocycles. The summed E-state index contributed by atoms with van der Waals surface area (Å²) in [5, 5.41) is 0. The van der Waals surface area contributed by atoms with E-state index in [1.165, 1.54) is 30.4 Å². The molecule has 0 fully saturated rings. The van der Waals surface area contributed by atoms with Crippen LogP contribution in [-0.4, -0.2) is 0 Å². The molecular weight excluding hydrogens is 180 g/mol. The van der Waals surface area contributed by atoms with E-state index in [0.717, 1.165) is 11.8 Å². The molecule has 0 aliphatic rings. The molecule has 0 heterocycles. The second-order valence-corrected chi connectivity index (χ2v) is 5.20. The highest BCUT2D eigenvalue weighted by Gasteiger charge is 2.06. The highest BCUT2D eigenvalue weighted by atomic mass is 14.1. The number of aryl methyl sites for hydroxylation is 2. The van der Waals surface area contributed by atoms with Gasteiger partial charge in [0.15, 0.2) is 0 Å². The number of rotatable bonds is 5. The van der Waals surface area contributed by atoms with Gasteiger partial charge in [-0.3, -0.25) is 0 Å². The van der Waals surface area contributed by atoms with Gasteiger partial charge < -0.3 is 0 Å². The Labute approximate surface area is 94.7 Å². The molecule has 0 heteroatoms. The Morgan fingerprint density at radius 2 is 1.73 bits per heavy atom. The predicted octanol–water partition coefficient (Wildman–Crippen LogP) is 4.61. The zero-order valence-electron chi connectivity index (χ0n) is 10.6. The smallest absolute Gasteiger partial charge is 0.0274 e. The molecule has 0 aromatic heterocycles. The van der Waals surface area contributed by atoms with Crippen LogP contribution in [0.5, 0.6) is 0 Å². The second-order valence-electron chi connectivity index (χ2n) is 5.20. The topological polar surface area (TPSA) is 0 Å². The lowest BCUT2D eigenvalue weighted by Gasteiger charge is -2.14. The minimum absolute atomic E-state index is 0.830. The average Bonchev–Trinajstić information content (AvgIpc) is 2.15. The van der Waals surface area contributed by atoms with Crippen molar-refractivity contribution in [1.29, 1.82) is 0 Å². The first-order valence-corrected chi connectivity index (χ1v) is 6.14. The summed E-state index contributed by atoms with van der Waals surface area (Å²) in [5.74, 6) is 1.68. The molecule has 1 unspecified atom stereocenters. The molecule has 0 N–H and O–H groups in total. The van der Waals surface area contributed by atoms with Gasteiger partial charge in [0.1, 0.15) is 0 Å². The molecule has 0 amide bonds. The largest absolute Gasteiger partial charge is 0.0628 e. The van der Waals surface area contributed by atoms with Gasteiger partial charge in [0.2, 0.25) is 0 Å². The van der Waals surface area contributed by atoms with Crippen LogP contribution in [0, 0.1) is 18.8 Å². The van der Waals surface area contributed by atoms with Crippen molar-refractivity contribution in [2.24, 2.45) is 11.8 Å². The third kappa shape index (κ3) is 4.51. The lowest BCUT2D eigenvalue weighted by atomic mass is 9.92. The van der Waals surface area contributed by atoms with Crippen molar-refractivity contribution < 1.29 is 0 Å². The first kappa shape index (κ1) is 12.3. The van der Waals surface area contributed by atoms with Crippen LogP contribution < -0.4 is 0 Å². The molecule has 15 heavy (non-hydrogen) atoms. The standard InChI is InChI=1S/C15H24/c1-12(2)11-13(3)9-10-15-8-6-5-7-14(15)4/h5-8,12-13H,9-11H2,1-4H3. The van der Waals surface area contributed by atoms with Gasteiger partial charge in [-0.05, 0) is 49.1 Å². The Morgan fingerprint density at radius 3 is 2.33 bits per heavy atom. The van der Waals surface area contributed by atoms with Crippen molar-refractivity contribution >= 4 is 0 Å². The minimum Gasteiger partial charge on any atom is -0.0628 e. The monoisotopic (exact) mass is 204 g/mol. The van der Waals surface area contributed by atoms with Crippen LogP contribution in [0.25, 0.3) is 0 Å². The summed E-state index contributed by atoms with van der Waals surface area (Å²) in [5.41, 5.74) is 2.96. The molecule has 1 aromatic rings. The van der Waals surface area contributed by atoms with Gasteiger partial charge in [-0.1, -0.05) is 45.0 Å². The molecule has 0 bridgehead atoms. The molecule has 0 aliphatic carbocycles. The maximum atomic E-state index is 2.37. The van der Waals surface area contributed by atoms with E-state index >= 15 is 0 Å². The van der Waals surface area contributed by atoms with E-state index in [1.807, 2.05) is 0 Å². The van der Waals surface area contributed by atoms with E-state index < -0.39 is 0 Å². The van der Waals surface area contributed by atoms with E-state index in [4.69, 9.17) is 0 Å². The van der Waals surface area contributed by atoms with Crippen molar-refractivity contribution in [3.8, 4) is 0 Å². The van der Waals surface area contributed by atoms with E-state index in [0.29, 0.717) is 0 Å². The molecule has 1 rings (SSSR count). The van der Waals surface area contributed by atoms with Crippen LogP contribution in [-0.2, 0) is 6.42 Å². The number of hydrogen-bond acceptors (Lipinski definition) is 0. The summed E-state index contributed by atoms with van der Waals surface area (Å²) in [4.78, 5) is 0. The highest BCUT2D eigenvalue weighted by molar-refractivity contribution is 5.25. The average molecular weight is 204 g/mol. The normalized spacial score (nSPS) is 13.1. The van der Waals surface area contributed by atoms with Gasteiger partial charge in [0.05, 0.1) is 0 Å². The zero-order chi connectivity index (χ0) is 11.3. The lowest BCUT2D eigenvalue weighted by Crippen LogP contribution is -2.02. The Bertz CT molecular complexity index is 286. The summed E-state index contributed by atoms with van der Waals surface area (Å²) in [6.45, 7) is 9.20. The SMILES string of the molecule is Cc1ccccc1CCC(C)CC(C)C. The molecule has 84 valence electrons. The molecule has 1 aromatic carbocycles. The Balaban J connectivity index is 2.40. The number of benzene rings is 1. The van der Waals surface area contributed by atoms with E-state index in [1.54, 1.807) is 0 Å². The molecule has 1 atom stereocenters. The van der Waals surface area contributed by atoms with Crippen molar-refractivity contribution in [1.82, 2.24) is 0 Å². The van der Waals surface area contributed by atoms with Crippen LogP contribution in [0.4, 0.5) is 0 Å². The van der Waals surface area contributed by atoms with Gasteiger partial charge in [0, 0.05) is 0 Å². The third-order valence-corrected chi connectivity index (χ3v) is 3.04. The van der Waals surface area contributed by atoms with Crippen LogP contribution in [0.3, 0.4) is 0 Å². The molecule has 0 radical (unpaired) electrons. The van der Waals surface area contributed by atoms with Crippen LogP contribution in [0.1, 0.15) is 44.7 Å². The quantitative estimate of drug-likeness (QED) is 0.657. The number of hydrogen-bond donors (Lipinski definition) is 0. The summed E-state index contributed by atoms with van der Waals surface area (Å²) in [7, 11) is 0. The maximum absolute atomic E-state index is 2.37. The van der Waals surface area contributed by atoms with Gasteiger partial charge in [-0.2, -0.15) is 0 Å². The molecule has 0 spiro atoms. The van der Waals surface area contributed by atoms with Crippen molar-refractivity contribution in [2.75, 3.05) is 0 Å². The summed E-state index contributed by atoms with van der Waals surface area (Å²) >= 11 is 0. The fraction of sp³-hybridized carbons (Fsp3) is 0.600. The zero-order valence-corrected chi connectivity index (χ0v) is 10.6. The van der Waals surface area contributed by atoms with Gasteiger partial charge >= 0.3 is 0 Å². The van der Waals surface area contributed by atoms with Crippen LogP contribution in [0.2, 0.25) is 0 Å². The van der Waals surface area contributed by atoms with Gasteiger partial charge in [-0.25, -0.2) is 0 Å². The summed E-state index contributed by atoms with van der Waals surface area (Å²) < 4.78 is 0. The Hall–Kier alpha value is -0.780. The van der Waals surface area contributed by atoms with Gasteiger partial charge in [-0.15, -0.1) is 0 Å². The van der Waals surface area contributed by atoms with Gasteiger partial charge in [0.25, 0.3) is 0 Å². The van der Waals surface area contributed by atoms with Crippen LogP contribution in [0.15, 0.2) is 24.3 Å². The molecular formula is C15H24. The molecule has 0 nitrogen and oxygen atoms in total. The minimum atomic E-state index is 0.830. The van der Waals surface area contributed by atoms with Crippen LogP contribution >= 0.6 is 0 Å². The van der Waals surface area contributed by atoms with E-state index in [9.17, 15) is 0 Å². The Morgan fingerprint density at radius 1 is 1.07 bits per heavy atom. The third-order valence-electron chi connectivity index (χ3n) is 3.04. The summed E-state index contributed by atoms with van der Waals surface area (Å²) in [6, 6.07) is 8.74. The van der Waals surface area contributed by atoms with Crippen molar-refractivity contribution in [2.45, 2.75) is 47.0 Å². The maximum Gasteiger partial charge on any atom is -0.0274 e. The molecule has 0 saturated heterocycles. The van der Waals surface area contributed by atoms with Crippen molar-refractivity contribution in [3.63, 3.8) is 0 Å². The second kappa shape index (κ2) is 5.95. The molecule has 0 aliphatic heterocycles. The van der Waals surface area contributed by atoms with E-state index in [-0.39, 0.29) is 0 Å². The lowest BCUT2D eigenvalue weighted by molar-refractivity contribution is 0.415. The highest BCUT2D eigenvalue weighted by Crippen LogP contribution is 2.18. The fourth-order valence-electron chi connectivity index (χ4n) is 2.22. The predicted molar refractivity (Wildman–Crippen MR) is 68.1 cm³/mol. The fourth-order valence-corrected chi connectivity index (χ4v) is 2.22. The summed E-state index contributed by atoms with van der Waals surface area (Å²) in [6.07, 6.45) is 3.91. The van der Waals surface area contributed by atoms with Crippen molar-refractivity contribution in [3.05, 3.63) is 35.4 Å². The Kier molecular flexibility index (Phi) is 4.87. The first-order chi connectivity index (χ1) is 7.09.